The minimum Gasteiger partial charge on any atom is -0.481 e. The van der Waals surface area contributed by atoms with E-state index in [0.29, 0.717) is 22.8 Å². The summed E-state index contributed by atoms with van der Waals surface area (Å²) in [5.41, 5.74) is 1.23. The summed E-state index contributed by atoms with van der Waals surface area (Å²) in [7, 11) is 0. The second-order valence-electron chi connectivity index (χ2n) is 8.18. The molecular weight excluding hydrogens is 372 g/mol. The molecule has 0 amide bonds. The van der Waals surface area contributed by atoms with E-state index in [0.717, 1.165) is 38.5 Å². The quantitative estimate of drug-likeness (QED) is 0.541. The van der Waals surface area contributed by atoms with Crippen molar-refractivity contribution in [2.45, 2.75) is 74.1 Å². The number of aliphatic hydroxyl groups is 2. The van der Waals surface area contributed by atoms with E-state index in [-0.39, 0.29) is 18.4 Å². The second kappa shape index (κ2) is 10.5. The topological polar surface area (TPSA) is 77.8 Å². The number of carboxylic acids is 1. The maximum absolute atomic E-state index is 10.7. The van der Waals surface area contributed by atoms with Crippen LogP contribution in [0.2, 0.25) is 0 Å². The molecule has 154 valence electrons. The summed E-state index contributed by atoms with van der Waals surface area (Å²) in [4.78, 5) is 10.7. The molecule has 1 aliphatic heterocycles. The van der Waals surface area contributed by atoms with Crippen LogP contribution in [0.15, 0.2) is 42.5 Å². The summed E-state index contributed by atoms with van der Waals surface area (Å²) >= 11 is 1.95. The Kier molecular flexibility index (Phi) is 8.00. The van der Waals surface area contributed by atoms with Crippen molar-refractivity contribution < 1.29 is 20.1 Å². The van der Waals surface area contributed by atoms with E-state index in [9.17, 15) is 15.0 Å². The molecule has 1 heterocycles. The van der Waals surface area contributed by atoms with Crippen molar-refractivity contribution >= 4 is 17.7 Å². The summed E-state index contributed by atoms with van der Waals surface area (Å²) < 4.78 is 0. The first kappa shape index (κ1) is 21.4. The maximum atomic E-state index is 10.7. The van der Waals surface area contributed by atoms with Gasteiger partial charge >= 0.3 is 5.97 Å². The number of fused-ring (bicyclic) bond motifs is 1. The Labute approximate surface area is 172 Å². The molecule has 5 heteroatoms. The number of carboxylic acid groups (broad SMARTS) is 1. The van der Waals surface area contributed by atoms with E-state index < -0.39 is 12.1 Å². The predicted molar refractivity (Wildman–Crippen MR) is 113 cm³/mol. The van der Waals surface area contributed by atoms with Gasteiger partial charge in [0.15, 0.2) is 0 Å². The first-order valence-corrected chi connectivity index (χ1v) is 11.4. The number of hydrogen-bond acceptors (Lipinski definition) is 4. The van der Waals surface area contributed by atoms with Gasteiger partial charge in [0.2, 0.25) is 0 Å². The van der Waals surface area contributed by atoms with Gasteiger partial charge in [0.1, 0.15) is 0 Å². The van der Waals surface area contributed by atoms with Gasteiger partial charge in [-0.3, -0.25) is 4.79 Å². The number of carbonyl (C=O) groups is 1. The molecule has 0 unspecified atom stereocenters. The first-order valence-electron chi connectivity index (χ1n) is 10.5. The molecule has 1 aromatic carbocycles. The van der Waals surface area contributed by atoms with Crippen LogP contribution in [0.25, 0.3) is 0 Å². The fourth-order valence-electron chi connectivity index (χ4n) is 4.61. The van der Waals surface area contributed by atoms with Gasteiger partial charge in [0, 0.05) is 22.8 Å². The van der Waals surface area contributed by atoms with E-state index in [1.165, 1.54) is 5.56 Å². The molecule has 3 N–H and O–H groups in total. The summed E-state index contributed by atoms with van der Waals surface area (Å²) in [5.74, 6) is -0.122. The van der Waals surface area contributed by atoms with Crippen LogP contribution in [0.5, 0.6) is 0 Å². The van der Waals surface area contributed by atoms with Crippen molar-refractivity contribution in [2.75, 3.05) is 0 Å². The summed E-state index contributed by atoms with van der Waals surface area (Å²) in [5, 5.41) is 30.6. The molecule has 4 nitrogen and oxygen atoms in total. The van der Waals surface area contributed by atoms with Crippen molar-refractivity contribution in [2.24, 2.45) is 11.8 Å². The minimum absolute atomic E-state index is 0.129. The van der Waals surface area contributed by atoms with Crippen molar-refractivity contribution in [3.05, 3.63) is 48.0 Å². The highest BCUT2D eigenvalue weighted by Gasteiger charge is 2.44. The van der Waals surface area contributed by atoms with E-state index in [1.54, 1.807) is 0 Å². The third-order valence-electron chi connectivity index (χ3n) is 6.12. The minimum atomic E-state index is -0.717. The van der Waals surface area contributed by atoms with E-state index in [4.69, 9.17) is 5.11 Å². The van der Waals surface area contributed by atoms with Gasteiger partial charge < -0.3 is 15.3 Å². The zero-order chi connectivity index (χ0) is 19.9. The lowest BCUT2D eigenvalue weighted by atomic mass is 9.88. The number of aryl methyl sites for hydroxylation is 1. The molecule has 0 radical (unpaired) electrons. The summed E-state index contributed by atoms with van der Waals surface area (Å²) in [6, 6.07) is 10.2. The molecule has 1 aromatic rings. The molecule has 1 aliphatic carbocycles. The fourth-order valence-corrected chi connectivity index (χ4v) is 6.50. The zero-order valence-electron chi connectivity index (χ0n) is 16.3. The van der Waals surface area contributed by atoms with Gasteiger partial charge in [0.25, 0.3) is 0 Å². The largest absolute Gasteiger partial charge is 0.481 e. The van der Waals surface area contributed by atoms with Gasteiger partial charge in [0.05, 0.1) is 12.2 Å². The van der Waals surface area contributed by atoms with E-state index >= 15 is 0 Å². The monoisotopic (exact) mass is 404 g/mol. The van der Waals surface area contributed by atoms with Crippen LogP contribution in [0.1, 0.15) is 50.5 Å². The highest BCUT2D eigenvalue weighted by molar-refractivity contribution is 8.00. The lowest BCUT2D eigenvalue weighted by Gasteiger charge is -2.33. The van der Waals surface area contributed by atoms with Gasteiger partial charge in [-0.1, -0.05) is 42.5 Å². The van der Waals surface area contributed by atoms with Crippen LogP contribution >= 0.6 is 11.8 Å². The highest BCUT2D eigenvalue weighted by Crippen LogP contribution is 2.49. The molecule has 0 aromatic heterocycles. The average Bonchev–Trinajstić information content (AvgIpc) is 2.99. The highest BCUT2D eigenvalue weighted by atomic mass is 32.2. The van der Waals surface area contributed by atoms with Crippen molar-refractivity contribution in [3.8, 4) is 0 Å². The lowest BCUT2D eigenvalue weighted by molar-refractivity contribution is -0.137. The molecule has 1 saturated carbocycles. The Bertz CT molecular complexity index is 647. The number of aliphatic hydroxyl groups excluding tert-OH is 2. The molecule has 28 heavy (non-hydrogen) atoms. The van der Waals surface area contributed by atoms with Crippen LogP contribution < -0.4 is 0 Å². The summed E-state index contributed by atoms with van der Waals surface area (Å²) in [6.07, 6.45) is 9.58. The normalized spacial score (nSPS) is 31.0. The Hall–Kier alpha value is -1.30. The second-order valence-corrected chi connectivity index (χ2v) is 9.72. The molecule has 1 saturated heterocycles. The smallest absolute Gasteiger partial charge is 0.303 e. The zero-order valence-corrected chi connectivity index (χ0v) is 17.1. The molecule has 6 atom stereocenters. The maximum Gasteiger partial charge on any atom is 0.303 e. The standard InChI is InChI=1S/C23H32O4S/c24-17(10-9-16-5-2-1-3-6-16)11-13-19-20-14-12-18(7-4-8-23(26)27)28-22(20)15-21(19)25/h1-3,5-6,11,13,17-22,24-25H,4,7-10,12,14-15H2,(H,26,27)/b13-11+/t17-,18+,19+,20+,21+,22-/m0/s1. The predicted octanol–water partition coefficient (Wildman–Crippen LogP) is 4.05. The molecule has 2 fully saturated rings. The van der Waals surface area contributed by atoms with Crippen molar-refractivity contribution in [1.82, 2.24) is 0 Å². The number of thioether (sulfide) groups is 1. The van der Waals surface area contributed by atoms with Crippen LogP contribution in [-0.2, 0) is 11.2 Å². The summed E-state index contributed by atoms with van der Waals surface area (Å²) in [6.45, 7) is 0. The molecule has 3 rings (SSSR count). The Morgan fingerprint density at radius 1 is 1.25 bits per heavy atom. The Morgan fingerprint density at radius 3 is 2.79 bits per heavy atom. The first-order chi connectivity index (χ1) is 13.5. The Balaban J connectivity index is 1.46. The third kappa shape index (κ3) is 6.10. The molecule has 0 spiro atoms. The molecule has 2 aliphatic rings. The SMILES string of the molecule is O=C(O)CCC[C@@H]1CC[C@@H]2[C@@H](/C=C/[C@@H](O)CCc3ccccc3)[C@H](O)C[C@@H]2S1. The molecule has 0 bridgehead atoms. The van der Waals surface area contributed by atoms with Gasteiger partial charge in [-0.2, -0.15) is 11.8 Å². The van der Waals surface area contributed by atoms with Gasteiger partial charge in [-0.15, -0.1) is 0 Å². The van der Waals surface area contributed by atoms with Crippen molar-refractivity contribution in [1.29, 1.82) is 0 Å². The van der Waals surface area contributed by atoms with E-state index in [1.807, 2.05) is 36.0 Å². The average molecular weight is 405 g/mol. The number of benzene rings is 1. The third-order valence-corrected chi connectivity index (χ3v) is 7.87. The van der Waals surface area contributed by atoms with Crippen LogP contribution in [-0.4, -0.2) is 44.0 Å². The number of hydrogen-bond donors (Lipinski definition) is 3. The lowest BCUT2D eigenvalue weighted by Crippen LogP contribution is -2.26. The fraction of sp³-hybridized carbons (Fsp3) is 0.609. The van der Waals surface area contributed by atoms with E-state index in [2.05, 4.69) is 18.2 Å². The van der Waals surface area contributed by atoms with Crippen LogP contribution in [0.4, 0.5) is 0 Å². The number of aliphatic carboxylic acids is 1. The number of rotatable bonds is 9. The van der Waals surface area contributed by atoms with Crippen molar-refractivity contribution in [3.63, 3.8) is 0 Å². The Morgan fingerprint density at radius 2 is 2.04 bits per heavy atom. The molecular formula is C23H32O4S. The van der Waals surface area contributed by atoms with Gasteiger partial charge in [-0.25, -0.2) is 0 Å². The van der Waals surface area contributed by atoms with Crippen LogP contribution in [0.3, 0.4) is 0 Å². The van der Waals surface area contributed by atoms with Crippen LogP contribution in [0, 0.1) is 11.8 Å². The van der Waals surface area contributed by atoms with Gasteiger partial charge in [-0.05, 0) is 56.4 Å².